The molecule has 0 bridgehead atoms. The summed E-state index contributed by atoms with van der Waals surface area (Å²) in [4.78, 5) is 14.6. The second-order valence-corrected chi connectivity index (χ2v) is 10.2. The molecule has 0 aromatic heterocycles. The van der Waals surface area contributed by atoms with Gasteiger partial charge in [0, 0.05) is 38.3 Å². The van der Waals surface area contributed by atoms with Crippen LogP contribution in [0, 0.1) is 13.8 Å². The molecule has 7 nitrogen and oxygen atoms in total. The number of carbonyl (C=O) groups is 1. The minimum atomic E-state index is -3.42. The number of hydrogen-bond acceptors (Lipinski definition) is 5. The summed E-state index contributed by atoms with van der Waals surface area (Å²) in [5.74, 6) is -0.0872. The van der Waals surface area contributed by atoms with Gasteiger partial charge >= 0.3 is 0 Å². The minimum Gasteiger partial charge on any atom is -0.378 e. The first-order chi connectivity index (χ1) is 15.2. The van der Waals surface area contributed by atoms with Crippen molar-refractivity contribution < 1.29 is 17.9 Å². The molecular weight excluding hydrogens is 426 g/mol. The maximum atomic E-state index is 12.3. The molecule has 1 amide bonds. The monoisotopic (exact) mass is 459 g/mol. The van der Waals surface area contributed by atoms with Crippen molar-refractivity contribution in [1.82, 2.24) is 5.32 Å². The Kier molecular flexibility index (Phi) is 8.15. The molecule has 0 spiro atoms. The van der Waals surface area contributed by atoms with Gasteiger partial charge in [-0.1, -0.05) is 18.2 Å². The third kappa shape index (κ3) is 6.71. The van der Waals surface area contributed by atoms with E-state index in [1.165, 1.54) is 10.6 Å². The molecule has 1 aliphatic heterocycles. The SMILES string of the molecule is Cc1ccc(N(CCCC(=O)NCc2ccc(N3CCOCC3)cc2)S(C)(=O)=O)cc1C. The summed E-state index contributed by atoms with van der Waals surface area (Å²) in [6, 6.07) is 13.8. The number of amides is 1. The summed E-state index contributed by atoms with van der Waals surface area (Å²) in [6.07, 6.45) is 1.91. The Morgan fingerprint density at radius 2 is 1.75 bits per heavy atom. The quantitative estimate of drug-likeness (QED) is 0.624. The molecule has 1 saturated heterocycles. The number of benzene rings is 2. The van der Waals surface area contributed by atoms with Crippen LogP contribution in [0.5, 0.6) is 0 Å². The highest BCUT2D eigenvalue weighted by atomic mass is 32.2. The highest BCUT2D eigenvalue weighted by Gasteiger charge is 2.18. The smallest absolute Gasteiger partial charge is 0.232 e. The van der Waals surface area contributed by atoms with Crippen molar-refractivity contribution in [3.63, 3.8) is 0 Å². The number of aryl methyl sites for hydroxylation is 2. The van der Waals surface area contributed by atoms with Crippen molar-refractivity contribution in [2.24, 2.45) is 0 Å². The van der Waals surface area contributed by atoms with Gasteiger partial charge in [-0.3, -0.25) is 9.10 Å². The van der Waals surface area contributed by atoms with E-state index in [2.05, 4.69) is 22.3 Å². The van der Waals surface area contributed by atoms with Gasteiger partial charge < -0.3 is 15.0 Å². The van der Waals surface area contributed by atoms with Crippen LogP contribution in [-0.2, 0) is 26.1 Å². The summed E-state index contributed by atoms with van der Waals surface area (Å²) in [6.45, 7) is 7.95. The Bertz CT molecular complexity index is 1020. The number of sulfonamides is 1. The first-order valence-electron chi connectivity index (χ1n) is 11.0. The first kappa shape index (κ1) is 24.1. The molecule has 0 unspecified atom stereocenters. The molecule has 8 heteroatoms. The minimum absolute atomic E-state index is 0.0872. The third-order valence-corrected chi connectivity index (χ3v) is 6.94. The van der Waals surface area contributed by atoms with E-state index < -0.39 is 10.0 Å². The van der Waals surface area contributed by atoms with Crippen LogP contribution in [0.1, 0.15) is 29.5 Å². The van der Waals surface area contributed by atoms with Crippen LogP contribution >= 0.6 is 0 Å². The molecule has 3 rings (SSSR count). The Morgan fingerprint density at radius 1 is 1.06 bits per heavy atom. The normalized spacial score (nSPS) is 14.3. The standard InChI is InChI=1S/C24H33N3O4S/c1-19-6-9-23(17-20(19)2)27(32(3,29)30)12-4-5-24(28)25-18-21-7-10-22(11-8-21)26-13-15-31-16-14-26/h6-11,17H,4-5,12-16,18H2,1-3H3,(H,25,28). The van der Waals surface area contributed by atoms with Gasteiger partial charge in [0.25, 0.3) is 0 Å². The van der Waals surface area contributed by atoms with Gasteiger partial charge in [-0.05, 0) is 61.2 Å². The molecule has 2 aromatic rings. The van der Waals surface area contributed by atoms with E-state index in [0.717, 1.165) is 48.7 Å². The summed E-state index contributed by atoms with van der Waals surface area (Å²) in [5.41, 5.74) is 4.98. The molecule has 0 atom stereocenters. The summed E-state index contributed by atoms with van der Waals surface area (Å²) in [5, 5.41) is 2.93. The number of ether oxygens (including phenoxy) is 1. The maximum absolute atomic E-state index is 12.3. The van der Waals surface area contributed by atoms with Gasteiger partial charge in [0.2, 0.25) is 15.9 Å². The van der Waals surface area contributed by atoms with E-state index >= 15 is 0 Å². The zero-order valence-corrected chi connectivity index (χ0v) is 20.0. The fraction of sp³-hybridized carbons (Fsp3) is 0.458. The van der Waals surface area contributed by atoms with Gasteiger partial charge in [0.15, 0.2) is 0 Å². The average Bonchev–Trinajstić information content (AvgIpc) is 2.77. The molecule has 1 heterocycles. The zero-order chi connectivity index (χ0) is 23.1. The Labute approximate surface area is 191 Å². The fourth-order valence-electron chi connectivity index (χ4n) is 3.69. The van der Waals surface area contributed by atoms with E-state index in [1.807, 2.05) is 44.2 Å². The van der Waals surface area contributed by atoms with Crippen LogP contribution in [0.2, 0.25) is 0 Å². The molecule has 32 heavy (non-hydrogen) atoms. The lowest BCUT2D eigenvalue weighted by Gasteiger charge is -2.28. The van der Waals surface area contributed by atoms with Crippen molar-refractivity contribution in [1.29, 1.82) is 0 Å². The van der Waals surface area contributed by atoms with E-state index in [1.54, 1.807) is 0 Å². The van der Waals surface area contributed by atoms with Crippen LogP contribution < -0.4 is 14.5 Å². The molecule has 0 radical (unpaired) electrons. The van der Waals surface area contributed by atoms with Crippen LogP contribution in [0.3, 0.4) is 0 Å². The van der Waals surface area contributed by atoms with Crippen LogP contribution in [0.15, 0.2) is 42.5 Å². The number of rotatable bonds is 9. The first-order valence-corrected chi connectivity index (χ1v) is 12.8. The van der Waals surface area contributed by atoms with Gasteiger partial charge in [-0.15, -0.1) is 0 Å². The number of hydrogen-bond donors (Lipinski definition) is 1. The lowest BCUT2D eigenvalue weighted by Crippen LogP contribution is -2.36. The van der Waals surface area contributed by atoms with E-state index in [9.17, 15) is 13.2 Å². The van der Waals surface area contributed by atoms with Crippen molar-refractivity contribution >= 4 is 27.3 Å². The molecule has 0 aliphatic carbocycles. The average molecular weight is 460 g/mol. The number of nitrogens with zero attached hydrogens (tertiary/aromatic N) is 2. The highest BCUT2D eigenvalue weighted by Crippen LogP contribution is 2.22. The third-order valence-electron chi connectivity index (χ3n) is 5.75. The number of anilines is 2. The van der Waals surface area contributed by atoms with Gasteiger partial charge in [0.05, 0.1) is 25.2 Å². The Hall–Kier alpha value is -2.58. The lowest BCUT2D eigenvalue weighted by molar-refractivity contribution is -0.121. The zero-order valence-electron chi connectivity index (χ0n) is 19.1. The summed E-state index contributed by atoms with van der Waals surface area (Å²) < 4.78 is 31.3. The number of morpholine rings is 1. The Morgan fingerprint density at radius 3 is 2.38 bits per heavy atom. The Balaban J connectivity index is 1.47. The molecule has 1 fully saturated rings. The molecule has 0 saturated carbocycles. The highest BCUT2D eigenvalue weighted by molar-refractivity contribution is 7.92. The molecule has 174 valence electrons. The van der Waals surface area contributed by atoms with E-state index in [4.69, 9.17) is 4.74 Å². The van der Waals surface area contributed by atoms with Crippen molar-refractivity contribution in [3.05, 3.63) is 59.2 Å². The second kappa shape index (κ2) is 10.8. The van der Waals surface area contributed by atoms with Gasteiger partial charge in [-0.25, -0.2) is 8.42 Å². The number of nitrogens with one attached hydrogen (secondary N) is 1. The van der Waals surface area contributed by atoms with Crippen molar-refractivity contribution in [2.45, 2.75) is 33.2 Å². The molecule has 2 aromatic carbocycles. The fourth-order valence-corrected chi connectivity index (χ4v) is 4.64. The van der Waals surface area contributed by atoms with Crippen molar-refractivity contribution in [3.8, 4) is 0 Å². The van der Waals surface area contributed by atoms with Crippen LogP contribution in [0.4, 0.5) is 11.4 Å². The predicted octanol–water partition coefficient (Wildman–Crippen LogP) is 3.00. The molecule has 1 aliphatic rings. The number of carbonyl (C=O) groups excluding carboxylic acids is 1. The molecular formula is C24H33N3O4S. The van der Waals surface area contributed by atoms with Gasteiger partial charge in [0.1, 0.15) is 0 Å². The lowest BCUT2D eigenvalue weighted by atomic mass is 10.1. The van der Waals surface area contributed by atoms with Gasteiger partial charge in [-0.2, -0.15) is 0 Å². The topological polar surface area (TPSA) is 79.0 Å². The summed E-state index contributed by atoms with van der Waals surface area (Å²) >= 11 is 0. The predicted molar refractivity (Wildman–Crippen MR) is 129 cm³/mol. The van der Waals surface area contributed by atoms with E-state index in [0.29, 0.717) is 18.7 Å². The second-order valence-electron chi connectivity index (χ2n) is 8.25. The molecule has 1 N–H and O–H groups in total. The maximum Gasteiger partial charge on any atom is 0.232 e. The van der Waals surface area contributed by atoms with E-state index in [-0.39, 0.29) is 18.9 Å². The van der Waals surface area contributed by atoms with Crippen LogP contribution in [0.25, 0.3) is 0 Å². The largest absolute Gasteiger partial charge is 0.378 e. The van der Waals surface area contributed by atoms with Crippen molar-refractivity contribution in [2.75, 3.05) is 48.3 Å². The summed E-state index contributed by atoms with van der Waals surface area (Å²) in [7, 11) is -3.42. The van der Waals surface area contributed by atoms with Crippen LogP contribution in [-0.4, -0.2) is 53.4 Å².